The Balaban J connectivity index is 1.95. The monoisotopic (exact) mass is 376 g/mol. The molecule has 7 nitrogen and oxygen atoms in total. The molecule has 1 unspecified atom stereocenters. The van der Waals surface area contributed by atoms with E-state index in [0.717, 1.165) is 11.1 Å². The zero-order valence-corrected chi connectivity index (χ0v) is 15.1. The van der Waals surface area contributed by atoms with Gasteiger partial charge in [0.25, 0.3) is 5.91 Å². The molecule has 1 aliphatic heterocycles. The highest BCUT2D eigenvalue weighted by Crippen LogP contribution is 2.39. The molecule has 1 aromatic carbocycles. The molecule has 140 valence electrons. The maximum absolute atomic E-state index is 13.3. The number of aliphatic imine (C=N–C) groups is 1. The first-order chi connectivity index (χ1) is 13.6. The number of nitrogens with zero attached hydrogens (tertiary/aromatic N) is 5. The van der Waals surface area contributed by atoms with Crippen molar-refractivity contribution in [2.24, 2.45) is 10.7 Å². The van der Waals surface area contributed by atoms with Crippen LogP contribution < -0.4 is 5.73 Å². The van der Waals surface area contributed by atoms with Crippen molar-refractivity contribution in [3.63, 3.8) is 0 Å². The fourth-order valence-corrected chi connectivity index (χ4v) is 3.27. The minimum absolute atomic E-state index is 0.0749. The van der Waals surface area contributed by atoms with Gasteiger partial charge in [-0.1, -0.05) is 18.2 Å². The third-order valence-electron chi connectivity index (χ3n) is 4.76. The molecule has 2 aromatic heterocycles. The second-order valence-corrected chi connectivity index (χ2v) is 6.44. The SMILES string of the molecule is CN1C(=O)C(c2cccc(-c3cncnc3)c2)(c2cc(CF)ccn2)N=C1N. The largest absolute Gasteiger partial charge is 0.369 e. The molecule has 0 saturated carbocycles. The number of halogens is 1. The minimum atomic E-state index is -1.48. The maximum Gasteiger partial charge on any atom is 0.267 e. The zero-order chi connectivity index (χ0) is 19.7. The van der Waals surface area contributed by atoms with Gasteiger partial charge in [-0.15, -0.1) is 0 Å². The molecule has 4 rings (SSSR count). The summed E-state index contributed by atoms with van der Waals surface area (Å²) in [6.45, 7) is -0.670. The highest BCUT2D eigenvalue weighted by atomic mass is 19.1. The Morgan fingerprint density at radius 2 is 1.93 bits per heavy atom. The van der Waals surface area contributed by atoms with Crippen LogP contribution in [0.5, 0.6) is 0 Å². The quantitative estimate of drug-likeness (QED) is 0.751. The van der Waals surface area contributed by atoms with E-state index < -0.39 is 12.2 Å². The molecule has 3 heterocycles. The number of rotatable bonds is 4. The molecule has 3 aromatic rings. The van der Waals surface area contributed by atoms with Gasteiger partial charge in [-0.2, -0.15) is 0 Å². The van der Waals surface area contributed by atoms with Crippen molar-refractivity contribution in [3.8, 4) is 11.1 Å². The summed E-state index contributed by atoms with van der Waals surface area (Å²) < 4.78 is 13.3. The van der Waals surface area contributed by atoms with Crippen LogP contribution in [0.4, 0.5) is 4.39 Å². The van der Waals surface area contributed by atoms with E-state index in [-0.39, 0.29) is 11.9 Å². The summed E-state index contributed by atoms with van der Waals surface area (Å²) in [6, 6.07) is 10.4. The van der Waals surface area contributed by atoms with Crippen LogP contribution in [-0.4, -0.2) is 38.8 Å². The van der Waals surface area contributed by atoms with Gasteiger partial charge in [0.1, 0.15) is 13.0 Å². The van der Waals surface area contributed by atoms with E-state index >= 15 is 0 Å². The van der Waals surface area contributed by atoms with Crippen LogP contribution in [0.25, 0.3) is 11.1 Å². The number of carbonyl (C=O) groups is 1. The number of hydrogen-bond acceptors (Lipinski definition) is 6. The normalized spacial score (nSPS) is 19.0. The van der Waals surface area contributed by atoms with Crippen molar-refractivity contribution < 1.29 is 9.18 Å². The van der Waals surface area contributed by atoms with Crippen molar-refractivity contribution in [1.29, 1.82) is 0 Å². The molecule has 0 bridgehead atoms. The number of nitrogens with two attached hydrogens (primary N) is 1. The van der Waals surface area contributed by atoms with E-state index in [1.54, 1.807) is 37.6 Å². The molecule has 0 saturated heterocycles. The Morgan fingerprint density at radius 3 is 2.61 bits per heavy atom. The molecule has 0 fully saturated rings. The summed E-state index contributed by atoms with van der Waals surface area (Å²) in [6.07, 6.45) is 6.28. The van der Waals surface area contributed by atoms with Crippen LogP contribution in [-0.2, 0) is 17.0 Å². The van der Waals surface area contributed by atoms with Crippen molar-refractivity contribution in [2.45, 2.75) is 12.2 Å². The van der Waals surface area contributed by atoms with Gasteiger partial charge in [0.05, 0.1) is 5.69 Å². The van der Waals surface area contributed by atoms with E-state index in [1.165, 1.54) is 17.4 Å². The number of pyridine rings is 1. The Hall–Kier alpha value is -3.68. The number of amides is 1. The summed E-state index contributed by atoms with van der Waals surface area (Å²) in [7, 11) is 1.55. The predicted molar refractivity (Wildman–Crippen MR) is 102 cm³/mol. The molecule has 0 aliphatic carbocycles. The van der Waals surface area contributed by atoms with Crippen LogP contribution in [0, 0.1) is 0 Å². The molecule has 1 aliphatic rings. The summed E-state index contributed by atoms with van der Waals surface area (Å²) in [5, 5.41) is 0. The van der Waals surface area contributed by atoms with Gasteiger partial charge >= 0.3 is 0 Å². The second-order valence-electron chi connectivity index (χ2n) is 6.44. The number of carbonyl (C=O) groups excluding carboxylic acids is 1. The Morgan fingerprint density at radius 1 is 1.14 bits per heavy atom. The fraction of sp³-hybridized carbons (Fsp3) is 0.150. The molecular weight excluding hydrogens is 359 g/mol. The Labute approximate surface area is 160 Å². The molecule has 1 amide bonds. The highest BCUT2D eigenvalue weighted by Gasteiger charge is 2.50. The molecule has 0 spiro atoms. The fourth-order valence-electron chi connectivity index (χ4n) is 3.27. The maximum atomic E-state index is 13.3. The standard InChI is InChI=1S/C20H17FN6O/c1-27-18(28)20(26-19(27)22,17-7-13(9-21)5-6-25-17)16-4-2-3-14(8-16)15-10-23-12-24-11-15/h2-8,10-12H,9H2,1H3,(H2,22,26). The summed E-state index contributed by atoms with van der Waals surface area (Å²) >= 11 is 0. The lowest BCUT2D eigenvalue weighted by Gasteiger charge is -2.25. The number of likely N-dealkylation sites (N-methyl/N-ethyl adjacent to an activating group) is 1. The number of guanidine groups is 1. The first-order valence-corrected chi connectivity index (χ1v) is 8.57. The van der Waals surface area contributed by atoms with Gasteiger partial charge in [0, 0.05) is 31.2 Å². The van der Waals surface area contributed by atoms with E-state index in [4.69, 9.17) is 5.73 Å². The van der Waals surface area contributed by atoms with Crippen LogP contribution in [0.2, 0.25) is 0 Å². The number of alkyl halides is 1. The molecular formula is C20H17FN6O. The molecule has 2 N–H and O–H groups in total. The number of aromatic nitrogens is 3. The van der Waals surface area contributed by atoms with E-state index in [0.29, 0.717) is 16.8 Å². The molecule has 0 radical (unpaired) electrons. The number of benzene rings is 1. The average Bonchev–Trinajstić information content (AvgIpc) is 2.99. The molecule has 8 heteroatoms. The van der Waals surface area contributed by atoms with Crippen molar-refractivity contribution in [1.82, 2.24) is 19.9 Å². The predicted octanol–water partition coefficient (Wildman–Crippen LogP) is 2.04. The van der Waals surface area contributed by atoms with Gasteiger partial charge in [0.15, 0.2) is 5.96 Å². The van der Waals surface area contributed by atoms with Gasteiger partial charge in [-0.3, -0.25) is 14.7 Å². The summed E-state index contributed by atoms with van der Waals surface area (Å²) in [4.78, 5) is 31.4. The Bertz CT molecular complexity index is 1070. The van der Waals surface area contributed by atoms with Crippen LogP contribution in [0.1, 0.15) is 16.8 Å². The van der Waals surface area contributed by atoms with Crippen LogP contribution in [0.3, 0.4) is 0 Å². The zero-order valence-electron chi connectivity index (χ0n) is 15.1. The lowest BCUT2D eigenvalue weighted by atomic mass is 9.84. The molecule has 28 heavy (non-hydrogen) atoms. The van der Waals surface area contributed by atoms with E-state index in [2.05, 4.69) is 19.9 Å². The first kappa shape index (κ1) is 17.7. The number of hydrogen-bond donors (Lipinski definition) is 1. The van der Waals surface area contributed by atoms with Crippen molar-refractivity contribution in [2.75, 3.05) is 7.05 Å². The summed E-state index contributed by atoms with van der Waals surface area (Å²) in [5.41, 5.74) is 7.41. The van der Waals surface area contributed by atoms with Gasteiger partial charge < -0.3 is 5.73 Å². The van der Waals surface area contributed by atoms with Crippen molar-refractivity contribution in [3.05, 3.63) is 78.1 Å². The lowest BCUT2D eigenvalue weighted by Crippen LogP contribution is -2.41. The van der Waals surface area contributed by atoms with E-state index in [9.17, 15) is 9.18 Å². The third kappa shape index (κ3) is 2.70. The summed E-state index contributed by atoms with van der Waals surface area (Å²) in [5.74, 6) is -0.277. The van der Waals surface area contributed by atoms with Gasteiger partial charge in [0.2, 0.25) is 5.54 Å². The minimum Gasteiger partial charge on any atom is -0.369 e. The highest BCUT2D eigenvalue weighted by molar-refractivity contribution is 6.08. The van der Waals surface area contributed by atoms with Gasteiger partial charge in [-0.25, -0.2) is 19.4 Å². The smallest absolute Gasteiger partial charge is 0.267 e. The van der Waals surface area contributed by atoms with Crippen LogP contribution >= 0.6 is 0 Å². The van der Waals surface area contributed by atoms with Gasteiger partial charge in [-0.05, 0) is 34.9 Å². The first-order valence-electron chi connectivity index (χ1n) is 8.57. The molecule has 1 atom stereocenters. The van der Waals surface area contributed by atoms with E-state index in [1.807, 2.05) is 18.2 Å². The third-order valence-corrected chi connectivity index (χ3v) is 4.76. The Kier molecular flexibility index (Phi) is 4.31. The van der Waals surface area contributed by atoms with Crippen LogP contribution in [0.15, 0.2) is 66.3 Å². The lowest BCUT2D eigenvalue weighted by molar-refractivity contribution is -0.129. The average molecular weight is 376 g/mol. The topological polar surface area (TPSA) is 97.4 Å². The second kappa shape index (κ2) is 6.80. The van der Waals surface area contributed by atoms with Crippen molar-refractivity contribution >= 4 is 11.9 Å².